The average molecular weight is 209 g/mol. The second-order valence-corrected chi connectivity index (χ2v) is 3.42. The average Bonchev–Trinajstić information content (AvgIpc) is 2.25. The molecule has 2 N–H and O–H groups in total. The van der Waals surface area contributed by atoms with Crippen LogP contribution in [0.1, 0.15) is 18.1 Å². The van der Waals surface area contributed by atoms with Crippen molar-refractivity contribution in [3.8, 4) is 5.75 Å². The van der Waals surface area contributed by atoms with Crippen molar-refractivity contribution < 1.29 is 9.84 Å². The van der Waals surface area contributed by atoms with E-state index in [0.717, 1.165) is 30.0 Å². The van der Waals surface area contributed by atoms with Crippen LogP contribution in [0, 0.1) is 6.92 Å². The van der Waals surface area contributed by atoms with E-state index in [9.17, 15) is 0 Å². The molecule has 0 saturated carbocycles. The van der Waals surface area contributed by atoms with Crippen LogP contribution in [0.2, 0.25) is 0 Å². The van der Waals surface area contributed by atoms with E-state index in [-0.39, 0.29) is 6.61 Å². The molecular weight excluding hydrogens is 190 g/mol. The van der Waals surface area contributed by atoms with Gasteiger partial charge in [-0.1, -0.05) is 25.1 Å². The van der Waals surface area contributed by atoms with E-state index in [1.54, 1.807) is 0 Å². The third-order valence-corrected chi connectivity index (χ3v) is 2.20. The zero-order valence-corrected chi connectivity index (χ0v) is 9.42. The molecule has 1 aromatic carbocycles. The van der Waals surface area contributed by atoms with Crippen molar-refractivity contribution in [2.45, 2.75) is 20.4 Å². The van der Waals surface area contributed by atoms with Crippen LogP contribution in [0.4, 0.5) is 0 Å². The summed E-state index contributed by atoms with van der Waals surface area (Å²) < 4.78 is 5.52. The SMILES string of the molecule is CCNCc1cccc(C)c1OCCO. The molecule has 0 unspecified atom stereocenters. The highest BCUT2D eigenvalue weighted by atomic mass is 16.5. The zero-order chi connectivity index (χ0) is 11.1. The van der Waals surface area contributed by atoms with Crippen molar-refractivity contribution in [1.29, 1.82) is 0 Å². The van der Waals surface area contributed by atoms with Gasteiger partial charge in [-0.15, -0.1) is 0 Å². The Morgan fingerprint density at radius 1 is 1.40 bits per heavy atom. The summed E-state index contributed by atoms with van der Waals surface area (Å²) >= 11 is 0. The Labute approximate surface area is 91.1 Å². The second-order valence-electron chi connectivity index (χ2n) is 3.42. The Morgan fingerprint density at radius 3 is 2.87 bits per heavy atom. The molecule has 0 radical (unpaired) electrons. The number of hydrogen-bond donors (Lipinski definition) is 2. The predicted molar refractivity (Wildman–Crippen MR) is 61.1 cm³/mol. The number of aryl methyl sites for hydroxylation is 1. The third-order valence-electron chi connectivity index (χ3n) is 2.20. The lowest BCUT2D eigenvalue weighted by atomic mass is 10.1. The van der Waals surface area contributed by atoms with Crippen LogP contribution in [0.3, 0.4) is 0 Å². The van der Waals surface area contributed by atoms with Gasteiger partial charge in [0.2, 0.25) is 0 Å². The van der Waals surface area contributed by atoms with E-state index in [2.05, 4.69) is 12.2 Å². The Hall–Kier alpha value is -1.06. The Balaban J connectivity index is 2.77. The van der Waals surface area contributed by atoms with Gasteiger partial charge in [-0.2, -0.15) is 0 Å². The minimum atomic E-state index is 0.0506. The molecule has 0 fully saturated rings. The molecule has 0 saturated heterocycles. The van der Waals surface area contributed by atoms with Crippen LogP contribution in [0.5, 0.6) is 5.75 Å². The van der Waals surface area contributed by atoms with Crippen molar-refractivity contribution in [2.24, 2.45) is 0 Å². The molecule has 0 heterocycles. The number of aliphatic hydroxyl groups is 1. The molecule has 1 aromatic rings. The topological polar surface area (TPSA) is 41.5 Å². The Bertz CT molecular complexity index is 300. The van der Waals surface area contributed by atoms with Gasteiger partial charge >= 0.3 is 0 Å². The van der Waals surface area contributed by atoms with Crippen LogP contribution >= 0.6 is 0 Å². The van der Waals surface area contributed by atoms with Crippen LogP contribution in [0.25, 0.3) is 0 Å². The van der Waals surface area contributed by atoms with Crippen LogP contribution in [-0.2, 0) is 6.54 Å². The highest BCUT2D eigenvalue weighted by Crippen LogP contribution is 2.23. The number of benzene rings is 1. The normalized spacial score (nSPS) is 10.3. The fourth-order valence-corrected chi connectivity index (χ4v) is 1.47. The molecule has 84 valence electrons. The number of nitrogens with one attached hydrogen (secondary N) is 1. The summed E-state index contributed by atoms with van der Waals surface area (Å²) in [5.74, 6) is 0.896. The standard InChI is InChI=1S/C12H19NO2/c1-3-13-9-11-6-4-5-10(2)12(11)15-8-7-14/h4-6,13-14H,3,7-9H2,1-2H3. The molecule has 3 heteroatoms. The summed E-state index contributed by atoms with van der Waals surface area (Å²) in [5.41, 5.74) is 2.25. The van der Waals surface area contributed by atoms with Gasteiger partial charge in [0, 0.05) is 12.1 Å². The number of para-hydroxylation sites is 1. The summed E-state index contributed by atoms with van der Waals surface area (Å²) in [6.45, 7) is 6.23. The Kier molecular flexibility index (Phi) is 5.15. The lowest BCUT2D eigenvalue weighted by Gasteiger charge is -2.13. The molecule has 0 aromatic heterocycles. The van der Waals surface area contributed by atoms with Crippen molar-refractivity contribution in [2.75, 3.05) is 19.8 Å². The molecular formula is C12H19NO2. The maximum atomic E-state index is 8.74. The first-order valence-electron chi connectivity index (χ1n) is 5.32. The number of aliphatic hydroxyl groups excluding tert-OH is 1. The van der Waals surface area contributed by atoms with Gasteiger partial charge in [0.1, 0.15) is 12.4 Å². The molecule has 0 aliphatic heterocycles. The summed E-state index contributed by atoms with van der Waals surface area (Å²) in [4.78, 5) is 0. The van der Waals surface area contributed by atoms with Gasteiger partial charge in [-0.3, -0.25) is 0 Å². The molecule has 1 rings (SSSR count). The number of hydrogen-bond acceptors (Lipinski definition) is 3. The fraction of sp³-hybridized carbons (Fsp3) is 0.500. The van der Waals surface area contributed by atoms with Gasteiger partial charge in [0.15, 0.2) is 0 Å². The first kappa shape index (κ1) is 12.0. The predicted octanol–water partition coefficient (Wildman–Crippen LogP) is 1.48. The summed E-state index contributed by atoms with van der Waals surface area (Å²) in [5, 5.41) is 12.0. The van der Waals surface area contributed by atoms with E-state index >= 15 is 0 Å². The van der Waals surface area contributed by atoms with Crippen LogP contribution < -0.4 is 10.1 Å². The summed E-state index contributed by atoms with van der Waals surface area (Å²) in [6, 6.07) is 6.08. The maximum absolute atomic E-state index is 8.74. The minimum absolute atomic E-state index is 0.0506. The lowest BCUT2D eigenvalue weighted by Crippen LogP contribution is -2.14. The van der Waals surface area contributed by atoms with E-state index in [4.69, 9.17) is 9.84 Å². The first-order valence-corrected chi connectivity index (χ1v) is 5.32. The van der Waals surface area contributed by atoms with Crippen molar-refractivity contribution >= 4 is 0 Å². The van der Waals surface area contributed by atoms with Crippen molar-refractivity contribution in [3.63, 3.8) is 0 Å². The minimum Gasteiger partial charge on any atom is -0.491 e. The molecule has 15 heavy (non-hydrogen) atoms. The quantitative estimate of drug-likeness (QED) is 0.745. The molecule has 0 aliphatic carbocycles. The molecule has 3 nitrogen and oxygen atoms in total. The van der Waals surface area contributed by atoms with E-state index in [1.807, 2.05) is 25.1 Å². The van der Waals surface area contributed by atoms with E-state index in [0.29, 0.717) is 6.61 Å². The largest absolute Gasteiger partial charge is 0.491 e. The van der Waals surface area contributed by atoms with Crippen molar-refractivity contribution in [3.05, 3.63) is 29.3 Å². The van der Waals surface area contributed by atoms with Gasteiger partial charge < -0.3 is 15.2 Å². The van der Waals surface area contributed by atoms with E-state index < -0.39 is 0 Å². The second kappa shape index (κ2) is 6.43. The maximum Gasteiger partial charge on any atom is 0.126 e. The summed E-state index contributed by atoms with van der Waals surface area (Å²) in [6.07, 6.45) is 0. The van der Waals surface area contributed by atoms with Gasteiger partial charge in [0.05, 0.1) is 6.61 Å². The smallest absolute Gasteiger partial charge is 0.126 e. The van der Waals surface area contributed by atoms with Gasteiger partial charge in [-0.25, -0.2) is 0 Å². The van der Waals surface area contributed by atoms with Gasteiger partial charge in [-0.05, 0) is 19.0 Å². The lowest BCUT2D eigenvalue weighted by molar-refractivity contribution is 0.199. The highest BCUT2D eigenvalue weighted by molar-refractivity contribution is 5.40. The van der Waals surface area contributed by atoms with Crippen LogP contribution in [-0.4, -0.2) is 24.9 Å². The number of rotatable bonds is 6. The van der Waals surface area contributed by atoms with Crippen molar-refractivity contribution in [1.82, 2.24) is 5.32 Å². The monoisotopic (exact) mass is 209 g/mol. The van der Waals surface area contributed by atoms with Gasteiger partial charge in [0.25, 0.3) is 0 Å². The van der Waals surface area contributed by atoms with Crippen LogP contribution in [0.15, 0.2) is 18.2 Å². The third kappa shape index (κ3) is 3.53. The Morgan fingerprint density at radius 2 is 2.20 bits per heavy atom. The molecule has 0 spiro atoms. The molecule has 0 aliphatic rings. The number of ether oxygens (including phenoxy) is 1. The van der Waals surface area contributed by atoms with E-state index in [1.165, 1.54) is 0 Å². The molecule has 0 bridgehead atoms. The first-order chi connectivity index (χ1) is 7.29. The highest BCUT2D eigenvalue weighted by Gasteiger charge is 2.05. The zero-order valence-electron chi connectivity index (χ0n) is 9.42. The molecule has 0 amide bonds. The fourth-order valence-electron chi connectivity index (χ4n) is 1.47. The molecule has 0 atom stereocenters. The summed E-state index contributed by atoms with van der Waals surface area (Å²) in [7, 11) is 0.